The van der Waals surface area contributed by atoms with Crippen LogP contribution in [0.15, 0.2) is 59.5 Å². The van der Waals surface area contributed by atoms with E-state index in [1.807, 2.05) is 12.1 Å². The number of amides is 2. The van der Waals surface area contributed by atoms with Gasteiger partial charge >= 0.3 is 0 Å². The number of carbonyl (C=O) groups excluding carboxylic acids is 2. The second-order valence-corrected chi connectivity index (χ2v) is 11.7. The Morgan fingerprint density at radius 3 is 2.56 bits per heavy atom. The molecule has 0 saturated heterocycles. The van der Waals surface area contributed by atoms with E-state index >= 15 is 0 Å². The van der Waals surface area contributed by atoms with Crippen LogP contribution in [0.5, 0.6) is 11.5 Å². The van der Waals surface area contributed by atoms with Crippen LogP contribution in [0.3, 0.4) is 0 Å². The molecule has 3 aromatic carbocycles. The Bertz CT molecular complexity index is 1820. The summed E-state index contributed by atoms with van der Waals surface area (Å²) < 4.78 is 36.2. The standard InChI is InChI=1S/C27H21ClN4O6S/c1-39(35,36)17-6-8-18(21(28)12-17)27(34)30-15-4-2-14-3-7-19-24(26(29)33)31-32(25(19)20(14)10-15)16-5-9-22-23(11-16)38-13-37-22/h2,4-6,8-12H,3,7,13H2,1H3,(H2,29,33)(H,30,34). The van der Waals surface area contributed by atoms with Gasteiger partial charge in [0.2, 0.25) is 6.79 Å². The van der Waals surface area contributed by atoms with Crippen molar-refractivity contribution in [3.63, 3.8) is 0 Å². The van der Waals surface area contributed by atoms with E-state index in [0.29, 0.717) is 41.4 Å². The zero-order valence-electron chi connectivity index (χ0n) is 20.5. The van der Waals surface area contributed by atoms with Crippen molar-refractivity contribution in [1.82, 2.24) is 9.78 Å². The van der Waals surface area contributed by atoms with Crippen LogP contribution in [-0.2, 0) is 22.7 Å². The maximum absolute atomic E-state index is 13.1. The van der Waals surface area contributed by atoms with Crippen LogP contribution in [0.4, 0.5) is 5.69 Å². The number of aromatic nitrogens is 2. The largest absolute Gasteiger partial charge is 0.454 e. The Balaban J connectivity index is 1.40. The van der Waals surface area contributed by atoms with Gasteiger partial charge in [0.25, 0.3) is 11.8 Å². The Hall–Kier alpha value is -4.35. The molecule has 198 valence electrons. The van der Waals surface area contributed by atoms with Crippen LogP contribution in [0.1, 0.15) is 32.0 Å². The highest BCUT2D eigenvalue weighted by molar-refractivity contribution is 7.90. The van der Waals surface area contributed by atoms with Gasteiger partial charge in [0.1, 0.15) is 0 Å². The van der Waals surface area contributed by atoms with Gasteiger partial charge in [0.15, 0.2) is 27.0 Å². The van der Waals surface area contributed by atoms with E-state index < -0.39 is 21.7 Å². The molecule has 1 aliphatic heterocycles. The second-order valence-electron chi connectivity index (χ2n) is 9.23. The number of anilines is 1. The van der Waals surface area contributed by atoms with Crippen LogP contribution in [0, 0.1) is 0 Å². The molecule has 39 heavy (non-hydrogen) atoms. The minimum Gasteiger partial charge on any atom is -0.454 e. The molecule has 0 spiro atoms. The number of benzene rings is 3. The number of nitrogens with two attached hydrogens (primary N) is 1. The highest BCUT2D eigenvalue weighted by Gasteiger charge is 2.29. The number of hydrogen-bond donors (Lipinski definition) is 2. The Labute approximate surface area is 228 Å². The summed E-state index contributed by atoms with van der Waals surface area (Å²) in [4.78, 5) is 25.4. The molecule has 0 bridgehead atoms. The zero-order valence-corrected chi connectivity index (χ0v) is 22.1. The average Bonchev–Trinajstić information content (AvgIpc) is 3.52. The molecule has 4 aromatic rings. The maximum atomic E-state index is 13.1. The van der Waals surface area contributed by atoms with E-state index in [1.54, 1.807) is 28.9 Å². The van der Waals surface area contributed by atoms with Crippen LogP contribution in [0.25, 0.3) is 16.9 Å². The molecule has 2 amide bonds. The number of primary amides is 1. The van der Waals surface area contributed by atoms with Crippen molar-refractivity contribution in [2.45, 2.75) is 17.7 Å². The Morgan fingerprint density at radius 1 is 1.03 bits per heavy atom. The summed E-state index contributed by atoms with van der Waals surface area (Å²) in [6.07, 6.45) is 2.29. The number of nitrogens with one attached hydrogen (secondary N) is 1. The third-order valence-electron chi connectivity index (χ3n) is 6.70. The number of fused-ring (bicyclic) bond motifs is 4. The fourth-order valence-electron chi connectivity index (χ4n) is 4.83. The summed E-state index contributed by atoms with van der Waals surface area (Å²) in [6, 6.07) is 14.8. The molecule has 0 unspecified atom stereocenters. The first-order chi connectivity index (χ1) is 18.6. The quantitative estimate of drug-likeness (QED) is 0.375. The van der Waals surface area contributed by atoms with Gasteiger partial charge in [-0.15, -0.1) is 0 Å². The topological polar surface area (TPSA) is 143 Å². The third-order valence-corrected chi connectivity index (χ3v) is 8.12. The lowest BCUT2D eigenvalue weighted by Crippen LogP contribution is -2.16. The fraction of sp³-hybridized carbons (Fsp3) is 0.148. The Kier molecular flexibility index (Phi) is 5.85. The van der Waals surface area contributed by atoms with E-state index in [2.05, 4.69) is 10.4 Å². The smallest absolute Gasteiger partial charge is 0.269 e. The lowest BCUT2D eigenvalue weighted by molar-refractivity contribution is 0.0992. The van der Waals surface area contributed by atoms with E-state index in [4.69, 9.17) is 26.8 Å². The van der Waals surface area contributed by atoms with Gasteiger partial charge in [-0.05, 0) is 60.9 Å². The highest BCUT2D eigenvalue weighted by Crippen LogP contribution is 2.40. The van der Waals surface area contributed by atoms with Gasteiger partial charge in [0.05, 0.1) is 26.9 Å². The van der Waals surface area contributed by atoms with Crippen molar-refractivity contribution in [3.05, 3.63) is 82.0 Å². The Morgan fingerprint density at radius 2 is 1.82 bits per heavy atom. The summed E-state index contributed by atoms with van der Waals surface area (Å²) in [5.74, 6) is 0.0423. The predicted molar refractivity (Wildman–Crippen MR) is 144 cm³/mol. The first-order valence-corrected chi connectivity index (χ1v) is 14.1. The van der Waals surface area contributed by atoms with Gasteiger partial charge in [-0.2, -0.15) is 5.10 Å². The lowest BCUT2D eigenvalue weighted by atomic mass is 9.88. The molecule has 1 aromatic heterocycles. The number of sulfone groups is 1. The molecule has 10 nitrogen and oxygen atoms in total. The van der Waals surface area contributed by atoms with Crippen LogP contribution < -0.4 is 20.5 Å². The van der Waals surface area contributed by atoms with Gasteiger partial charge in [-0.1, -0.05) is 17.7 Å². The summed E-state index contributed by atoms with van der Waals surface area (Å²) in [5, 5.41) is 7.40. The summed E-state index contributed by atoms with van der Waals surface area (Å²) >= 11 is 6.24. The van der Waals surface area contributed by atoms with Gasteiger partial charge in [0, 0.05) is 29.1 Å². The van der Waals surface area contributed by atoms with Crippen LogP contribution in [-0.4, -0.2) is 43.1 Å². The number of rotatable bonds is 5. The SMILES string of the molecule is CS(=O)(=O)c1ccc(C(=O)Nc2ccc3c(c2)-c2c(c(C(N)=O)nn2-c2ccc4c(c2)OCO4)CC3)c(Cl)c1. The molecule has 0 fully saturated rings. The molecule has 6 rings (SSSR count). The van der Waals surface area contributed by atoms with Crippen molar-refractivity contribution >= 4 is 38.9 Å². The fourth-order valence-corrected chi connectivity index (χ4v) is 5.81. The van der Waals surface area contributed by atoms with Crippen LogP contribution in [0.2, 0.25) is 5.02 Å². The molecule has 2 heterocycles. The number of ether oxygens (including phenoxy) is 2. The molecular weight excluding hydrogens is 544 g/mol. The number of aryl methyl sites for hydroxylation is 1. The summed E-state index contributed by atoms with van der Waals surface area (Å²) in [5.41, 5.74) is 10.3. The molecule has 0 radical (unpaired) electrons. The van der Waals surface area contributed by atoms with Crippen molar-refractivity contribution in [3.8, 4) is 28.4 Å². The molecule has 0 atom stereocenters. The second kappa shape index (κ2) is 9.14. The number of carbonyl (C=O) groups is 2. The molecule has 2 aliphatic rings. The van der Waals surface area contributed by atoms with Gasteiger partial charge < -0.3 is 20.5 Å². The van der Waals surface area contributed by atoms with Crippen molar-refractivity contribution < 1.29 is 27.5 Å². The first-order valence-electron chi connectivity index (χ1n) is 11.9. The number of hydrogen-bond acceptors (Lipinski definition) is 7. The lowest BCUT2D eigenvalue weighted by Gasteiger charge is -2.20. The summed E-state index contributed by atoms with van der Waals surface area (Å²) in [7, 11) is -3.47. The van der Waals surface area contributed by atoms with E-state index in [1.165, 1.54) is 18.2 Å². The normalized spacial score (nSPS) is 13.5. The zero-order chi connectivity index (χ0) is 27.5. The number of nitrogens with zero attached hydrogens (tertiary/aromatic N) is 2. The molecule has 0 saturated carbocycles. The maximum Gasteiger partial charge on any atom is 0.269 e. The first kappa shape index (κ1) is 25.0. The van der Waals surface area contributed by atoms with E-state index in [-0.39, 0.29) is 28.0 Å². The predicted octanol–water partition coefficient (Wildman–Crippen LogP) is 3.77. The monoisotopic (exact) mass is 564 g/mol. The minimum absolute atomic E-state index is 0.0163. The van der Waals surface area contributed by atoms with Crippen molar-refractivity contribution in [1.29, 1.82) is 0 Å². The average molecular weight is 565 g/mol. The van der Waals surface area contributed by atoms with Crippen molar-refractivity contribution in [2.24, 2.45) is 5.73 Å². The molecule has 12 heteroatoms. The molecular formula is C27H21ClN4O6S. The molecule has 1 aliphatic carbocycles. The highest BCUT2D eigenvalue weighted by atomic mass is 35.5. The van der Waals surface area contributed by atoms with Crippen LogP contribution >= 0.6 is 11.6 Å². The van der Waals surface area contributed by atoms with E-state index in [9.17, 15) is 18.0 Å². The van der Waals surface area contributed by atoms with E-state index in [0.717, 1.165) is 22.9 Å². The summed E-state index contributed by atoms with van der Waals surface area (Å²) in [6.45, 7) is 0.120. The molecule has 3 N–H and O–H groups in total. The number of halogens is 1. The van der Waals surface area contributed by atoms with Gasteiger partial charge in [-0.3, -0.25) is 9.59 Å². The minimum atomic E-state index is -3.47. The van der Waals surface area contributed by atoms with Gasteiger partial charge in [-0.25, -0.2) is 13.1 Å². The van der Waals surface area contributed by atoms with Crippen molar-refractivity contribution in [2.75, 3.05) is 18.4 Å². The third kappa shape index (κ3) is 4.39.